The van der Waals surface area contributed by atoms with Crippen LogP contribution in [-0.2, 0) is 27.2 Å². The summed E-state index contributed by atoms with van der Waals surface area (Å²) in [5.74, 6) is -0.921. The largest absolute Gasteiger partial charge is 0.481 e. The van der Waals surface area contributed by atoms with E-state index in [0.717, 1.165) is 31.2 Å². The normalized spacial score (nSPS) is 19.0. The molecule has 32 heavy (non-hydrogen) atoms. The van der Waals surface area contributed by atoms with Gasteiger partial charge in [0.15, 0.2) is 0 Å². The van der Waals surface area contributed by atoms with E-state index in [0.29, 0.717) is 30.1 Å². The minimum atomic E-state index is -0.909. The van der Waals surface area contributed by atoms with Crippen molar-refractivity contribution in [2.45, 2.75) is 44.6 Å². The highest BCUT2D eigenvalue weighted by Crippen LogP contribution is 2.28. The second-order valence-corrected chi connectivity index (χ2v) is 8.46. The molecule has 2 aromatic rings. The van der Waals surface area contributed by atoms with Gasteiger partial charge < -0.3 is 21.5 Å². The summed E-state index contributed by atoms with van der Waals surface area (Å²) in [5, 5.41) is 14.7. The zero-order chi connectivity index (χ0) is 22.9. The lowest BCUT2D eigenvalue weighted by molar-refractivity contribution is -0.136. The zero-order valence-corrected chi connectivity index (χ0v) is 18.1. The number of carboxylic acids is 1. The van der Waals surface area contributed by atoms with Crippen LogP contribution in [0.2, 0.25) is 0 Å². The zero-order valence-electron chi connectivity index (χ0n) is 18.1. The molecular weight excluding hydrogens is 406 g/mol. The van der Waals surface area contributed by atoms with E-state index < -0.39 is 12.0 Å². The Balaban J connectivity index is 1.67. The van der Waals surface area contributed by atoms with Gasteiger partial charge in [-0.25, -0.2) is 0 Å². The number of nitrogens with one attached hydrogen (secondary N) is 2. The first kappa shape index (κ1) is 23.5. The molecule has 0 spiro atoms. The molecular formula is C25H31N3O4. The van der Waals surface area contributed by atoms with Gasteiger partial charge in [0, 0.05) is 18.0 Å². The number of carbonyl (C=O) groups excluding carboxylic acids is 2. The molecule has 0 aromatic heterocycles. The predicted molar refractivity (Wildman–Crippen MR) is 123 cm³/mol. The molecule has 0 radical (unpaired) electrons. The smallest absolute Gasteiger partial charge is 0.307 e. The van der Waals surface area contributed by atoms with E-state index >= 15 is 0 Å². The Morgan fingerprint density at radius 2 is 1.59 bits per heavy atom. The lowest BCUT2D eigenvalue weighted by Crippen LogP contribution is -2.48. The van der Waals surface area contributed by atoms with Crippen LogP contribution in [-0.4, -0.2) is 35.5 Å². The number of aliphatic carboxylic acids is 1. The number of carbonyl (C=O) groups is 3. The molecule has 0 saturated heterocycles. The molecule has 2 aromatic carbocycles. The Hall–Kier alpha value is -3.19. The molecule has 7 nitrogen and oxygen atoms in total. The maximum atomic E-state index is 13.1. The van der Waals surface area contributed by atoms with Crippen molar-refractivity contribution in [1.82, 2.24) is 5.32 Å². The third kappa shape index (κ3) is 6.92. The van der Waals surface area contributed by atoms with E-state index in [1.54, 1.807) is 24.3 Å². The second-order valence-electron chi connectivity index (χ2n) is 8.46. The Bertz CT molecular complexity index is 907. The van der Waals surface area contributed by atoms with Crippen molar-refractivity contribution in [1.29, 1.82) is 0 Å². The van der Waals surface area contributed by atoms with Gasteiger partial charge in [-0.2, -0.15) is 0 Å². The van der Waals surface area contributed by atoms with Crippen LogP contribution in [0.4, 0.5) is 5.69 Å². The molecule has 1 atom stereocenters. The molecule has 1 fully saturated rings. The van der Waals surface area contributed by atoms with Gasteiger partial charge in [0.25, 0.3) is 0 Å². The van der Waals surface area contributed by atoms with Gasteiger partial charge in [-0.15, -0.1) is 0 Å². The number of amides is 2. The van der Waals surface area contributed by atoms with Crippen molar-refractivity contribution >= 4 is 23.5 Å². The average Bonchev–Trinajstić information content (AvgIpc) is 2.80. The third-order valence-electron chi connectivity index (χ3n) is 6.04. The van der Waals surface area contributed by atoms with Crippen molar-refractivity contribution in [3.8, 4) is 0 Å². The van der Waals surface area contributed by atoms with Crippen LogP contribution in [0.25, 0.3) is 0 Å². The maximum absolute atomic E-state index is 13.1. The minimum Gasteiger partial charge on any atom is -0.481 e. The molecule has 0 bridgehead atoms. The highest BCUT2D eigenvalue weighted by atomic mass is 16.4. The van der Waals surface area contributed by atoms with Crippen molar-refractivity contribution in [3.05, 3.63) is 65.7 Å². The first-order chi connectivity index (χ1) is 15.4. The summed E-state index contributed by atoms with van der Waals surface area (Å²) in [7, 11) is 0. The fourth-order valence-electron chi connectivity index (χ4n) is 4.12. The van der Waals surface area contributed by atoms with Crippen molar-refractivity contribution in [3.63, 3.8) is 0 Å². The highest BCUT2D eigenvalue weighted by Gasteiger charge is 2.29. The number of rotatable bonds is 9. The van der Waals surface area contributed by atoms with Crippen LogP contribution >= 0.6 is 0 Å². The molecule has 0 unspecified atom stereocenters. The summed E-state index contributed by atoms with van der Waals surface area (Å²) in [4.78, 5) is 36.8. The maximum Gasteiger partial charge on any atom is 0.307 e. The molecule has 5 N–H and O–H groups in total. The van der Waals surface area contributed by atoms with E-state index in [4.69, 9.17) is 10.8 Å². The number of nitrogens with two attached hydrogens (primary N) is 1. The third-order valence-corrected chi connectivity index (χ3v) is 6.04. The Labute approximate surface area is 188 Å². The lowest BCUT2D eigenvalue weighted by Gasteiger charge is -2.28. The van der Waals surface area contributed by atoms with Gasteiger partial charge in [0.05, 0.1) is 6.42 Å². The van der Waals surface area contributed by atoms with E-state index in [-0.39, 0.29) is 24.2 Å². The highest BCUT2D eigenvalue weighted by molar-refractivity contribution is 5.97. The quantitative estimate of drug-likeness (QED) is 0.481. The topological polar surface area (TPSA) is 122 Å². The number of carboxylic acid groups (broad SMARTS) is 1. The number of hydrogen-bond donors (Lipinski definition) is 4. The summed E-state index contributed by atoms with van der Waals surface area (Å²) in [5.41, 5.74) is 7.92. The second kappa shape index (κ2) is 11.4. The van der Waals surface area contributed by atoms with Gasteiger partial charge in [-0.05, 0) is 61.4 Å². The van der Waals surface area contributed by atoms with Crippen molar-refractivity contribution < 1.29 is 19.5 Å². The first-order valence-corrected chi connectivity index (χ1v) is 11.1. The fourth-order valence-corrected chi connectivity index (χ4v) is 4.12. The van der Waals surface area contributed by atoms with E-state index in [9.17, 15) is 14.4 Å². The monoisotopic (exact) mass is 437 g/mol. The summed E-state index contributed by atoms with van der Waals surface area (Å²) in [6.07, 6.45) is 3.76. The molecule has 7 heteroatoms. The first-order valence-electron chi connectivity index (χ1n) is 11.1. The number of benzene rings is 2. The molecule has 1 aliphatic rings. The minimum absolute atomic E-state index is 0.0761. The van der Waals surface area contributed by atoms with Crippen LogP contribution in [0.5, 0.6) is 0 Å². The van der Waals surface area contributed by atoms with Gasteiger partial charge >= 0.3 is 5.97 Å². The Kier molecular flexibility index (Phi) is 8.39. The Morgan fingerprint density at radius 1 is 0.938 bits per heavy atom. The molecule has 1 saturated carbocycles. The summed E-state index contributed by atoms with van der Waals surface area (Å²) < 4.78 is 0. The lowest BCUT2D eigenvalue weighted by atomic mass is 9.81. The Morgan fingerprint density at radius 3 is 2.19 bits per heavy atom. The van der Waals surface area contributed by atoms with Crippen LogP contribution in [0.3, 0.4) is 0 Å². The summed E-state index contributed by atoms with van der Waals surface area (Å²) in [6.45, 7) is 0.651. The molecule has 2 amide bonds. The number of hydrogen-bond acceptors (Lipinski definition) is 4. The van der Waals surface area contributed by atoms with Gasteiger partial charge in [0.2, 0.25) is 11.8 Å². The van der Waals surface area contributed by atoms with Gasteiger partial charge in [-0.1, -0.05) is 42.5 Å². The van der Waals surface area contributed by atoms with Crippen molar-refractivity contribution in [2.75, 3.05) is 11.9 Å². The standard InChI is InChI=1S/C25H31N3O4/c26-16-19-6-10-20(11-7-19)24(31)28-22(14-17-4-2-1-3-5-17)25(32)27-21-12-8-18(9-13-21)15-23(29)30/h1-5,8-9,12-13,19-20,22H,6-7,10-11,14-16,26H2,(H,27,32)(H,28,31)(H,29,30)/t19?,20?,22-/m1/s1. The van der Waals surface area contributed by atoms with E-state index in [1.807, 2.05) is 30.3 Å². The number of anilines is 1. The van der Waals surface area contributed by atoms with Crippen LogP contribution in [0.15, 0.2) is 54.6 Å². The molecule has 3 rings (SSSR count). The summed E-state index contributed by atoms with van der Waals surface area (Å²) >= 11 is 0. The molecule has 0 heterocycles. The van der Waals surface area contributed by atoms with Gasteiger partial charge in [-0.3, -0.25) is 14.4 Å². The fraction of sp³-hybridized carbons (Fsp3) is 0.400. The van der Waals surface area contributed by atoms with E-state index in [2.05, 4.69) is 10.6 Å². The predicted octanol–water partition coefficient (Wildman–Crippen LogP) is 2.74. The summed E-state index contributed by atoms with van der Waals surface area (Å²) in [6, 6.07) is 15.6. The molecule has 1 aliphatic carbocycles. The van der Waals surface area contributed by atoms with Crippen LogP contribution in [0.1, 0.15) is 36.8 Å². The SMILES string of the molecule is NCC1CCC(C(=O)N[C@H](Cc2ccccc2)C(=O)Nc2ccc(CC(=O)O)cc2)CC1. The van der Waals surface area contributed by atoms with Crippen LogP contribution < -0.4 is 16.4 Å². The molecule has 0 aliphatic heterocycles. The molecule has 170 valence electrons. The average molecular weight is 438 g/mol. The van der Waals surface area contributed by atoms with E-state index in [1.165, 1.54) is 0 Å². The van der Waals surface area contributed by atoms with Gasteiger partial charge in [0.1, 0.15) is 6.04 Å². The van der Waals surface area contributed by atoms with Crippen LogP contribution in [0, 0.1) is 11.8 Å². The van der Waals surface area contributed by atoms with Crippen molar-refractivity contribution in [2.24, 2.45) is 17.6 Å².